The Labute approximate surface area is 185 Å². The van der Waals surface area contributed by atoms with E-state index in [1.54, 1.807) is 7.11 Å². The zero-order valence-electron chi connectivity index (χ0n) is 18.5. The van der Waals surface area contributed by atoms with Gasteiger partial charge in [0.25, 0.3) is 0 Å². The second-order valence-electron chi connectivity index (χ2n) is 7.69. The van der Waals surface area contributed by atoms with Crippen molar-refractivity contribution >= 4 is 5.91 Å². The molecule has 0 saturated carbocycles. The van der Waals surface area contributed by atoms with Gasteiger partial charge in [-0.25, -0.2) is 0 Å². The zero-order valence-corrected chi connectivity index (χ0v) is 18.5. The highest BCUT2D eigenvalue weighted by molar-refractivity contribution is 5.77. The van der Waals surface area contributed by atoms with Gasteiger partial charge < -0.3 is 18.9 Å². The summed E-state index contributed by atoms with van der Waals surface area (Å²) in [7, 11) is 1.68. The van der Waals surface area contributed by atoms with Crippen LogP contribution in [0.25, 0.3) is 0 Å². The molecule has 2 aromatic carbocycles. The zero-order chi connectivity index (χ0) is 21.9. The fourth-order valence-electron chi connectivity index (χ4n) is 3.53. The largest absolute Gasteiger partial charge is 0.385 e. The van der Waals surface area contributed by atoms with Crippen molar-refractivity contribution in [2.45, 2.75) is 33.0 Å². The van der Waals surface area contributed by atoms with Crippen LogP contribution in [0.3, 0.4) is 0 Å². The number of amides is 1. The first-order chi connectivity index (χ1) is 15.2. The van der Waals surface area contributed by atoms with Gasteiger partial charge in [0.15, 0.2) is 0 Å². The van der Waals surface area contributed by atoms with Crippen LogP contribution in [0.1, 0.15) is 28.8 Å². The van der Waals surface area contributed by atoms with Gasteiger partial charge in [-0.2, -0.15) is 0 Å². The maximum absolute atomic E-state index is 12.9. The van der Waals surface area contributed by atoms with Gasteiger partial charge >= 0.3 is 0 Å². The SMILES string of the molecule is COCCCN(Cc1cccn1Cc1ccccc1C)C(=O)COCc1ccccc1. The Kier molecular flexibility index (Phi) is 8.88. The molecule has 164 valence electrons. The summed E-state index contributed by atoms with van der Waals surface area (Å²) < 4.78 is 13.1. The number of benzene rings is 2. The minimum atomic E-state index is -0.00400. The second kappa shape index (κ2) is 12.1. The first-order valence-electron chi connectivity index (χ1n) is 10.7. The fraction of sp³-hybridized carbons (Fsp3) is 0.346. The van der Waals surface area contributed by atoms with Crippen LogP contribution in [0.2, 0.25) is 0 Å². The first-order valence-corrected chi connectivity index (χ1v) is 10.7. The Hall–Kier alpha value is -2.89. The monoisotopic (exact) mass is 420 g/mol. The molecule has 0 bridgehead atoms. The number of nitrogens with zero attached hydrogens (tertiary/aromatic N) is 2. The molecule has 0 saturated heterocycles. The van der Waals surface area contributed by atoms with Crippen molar-refractivity contribution in [3.05, 3.63) is 95.3 Å². The lowest BCUT2D eigenvalue weighted by Crippen LogP contribution is -2.35. The lowest BCUT2D eigenvalue weighted by molar-refractivity contribution is -0.137. The summed E-state index contributed by atoms with van der Waals surface area (Å²) in [6, 6.07) is 22.4. The first kappa shape index (κ1) is 22.8. The molecule has 5 heteroatoms. The van der Waals surface area contributed by atoms with Crippen LogP contribution in [0.4, 0.5) is 0 Å². The Morgan fingerprint density at radius 1 is 1.00 bits per heavy atom. The number of ether oxygens (including phenoxy) is 2. The van der Waals surface area contributed by atoms with Gasteiger partial charge in [-0.3, -0.25) is 4.79 Å². The van der Waals surface area contributed by atoms with Gasteiger partial charge in [0, 0.05) is 38.7 Å². The Morgan fingerprint density at radius 3 is 2.55 bits per heavy atom. The number of rotatable bonds is 12. The Morgan fingerprint density at radius 2 is 1.77 bits per heavy atom. The van der Waals surface area contributed by atoms with E-state index in [4.69, 9.17) is 9.47 Å². The van der Waals surface area contributed by atoms with Crippen molar-refractivity contribution < 1.29 is 14.3 Å². The van der Waals surface area contributed by atoms with Crippen molar-refractivity contribution in [2.75, 3.05) is 26.9 Å². The summed E-state index contributed by atoms with van der Waals surface area (Å²) >= 11 is 0. The molecular weight excluding hydrogens is 388 g/mol. The van der Waals surface area contributed by atoms with E-state index in [1.807, 2.05) is 41.3 Å². The average Bonchev–Trinajstić information content (AvgIpc) is 3.22. The molecule has 3 aromatic rings. The van der Waals surface area contributed by atoms with Gasteiger partial charge in [0.05, 0.1) is 13.2 Å². The molecule has 3 rings (SSSR count). The molecule has 1 amide bonds. The van der Waals surface area contributed by atoms with Gasteiger partial charge in [-0.05, 0) is 42.2 Å². The second-order valence-corrected chi connectivity index (χ2v) is 7.69. The van der Waals surface area contributed by atoms with Crippen LogP contribution in [0, 0.1) is 6.92 Å². The minimum absolute atomic E-state index is 0.00400. The highest BCUT2D eigenvalue weighted by Gasteiger charge is 2.16. The van der Waals surface area contributed by atoms with Crippen LogP contribution in [-0.4, -0.2) is 42.2 Å². The molecular formula is C26H32N2O3. The standard InChI is InChI=1S/C26H32N2O3/c1-22-10-6-7-13-24(22)18-27-15-8-14-25(27)19-28(16-9-17-30-2)26(29)21-31-20-23-11-4-3-5-12-23/h3-8,10-15H,9,16-21H2,1-2H3. The van der Waals surface area contributed by atoms with Crippen molar-refractivity contribution in [3.8, 4) is 0 Å². The number of carbonyl (C=O) groups is 1. The number of carbonyl (C=O) groups excluding carboxylic acids is 1. The van der Waals surface area contributed by atoms with Crippen LogP contribution in [-0.2, 0) is 34.0 Å². The summed E-state index contributed by atoms with van der Waals surface area (Å²) in [5, 5.41) is 0. The number of hydrogen-bond acceptors (Lipinski definition) is 3. The molecule has 31 heavy (non-hydrogen) atoms. The minimum Gasteiger partial charge on any atom is -0.385 e. The van der Waals surface area contributed by atoms with E-state index in [-0.39, 0.29) is 12.5 Å². The normalized spacial score (nSPS) is 10.9. The van der Waals surface area contributed by atoms with E-state index >= 15 is 0 Å². The average molecular weight is 421 g/mol. The molecule has 1 aromatic heterocycles. The van der Waals surface area contributed by atoms with Gasteiger partial charge in [-0.15, -0.1) is 0 Å². The van der Waals surface area contributed by atoms with Crippen LogP contribution in [0.15, 0.2) is 72.9 Å². The van der Waals surface area contributed by atoms with E-state index in [0.717, 1.165) is 24.2 Å². The molecule has 0 radical (unpaired) electrons. The van der Waals surface area contributed by atoms with E-state index in [1.165, 1.54) is 11.1 Å². The van der Waals surface area contributed by atoms with Crippen LogP contribution in [0.5, 0.6) is 0 Å². The fourth-order valence-corrected chi connectivity index (χ4v) is 3.53. The summed E-state index contributed by atoms with van der Waals surface area (Å²) in [5.41, 5.74) is 4.72. The van der Waals surface area contributed by atoms with E-state index in [2.05, 4.69) is 48.0 Å². The molecule has 0 unspecified atom stereocenters. The maximum Gasteiger partial charge on any atom is 0.248 e. The number of methoxy groups -OCH3 is 1. The molecule has 0 aliphatic carbocycles. The summed E-state index contributed by atoms with van der Waals surface area (Å²) in [5.74, 6) is -0.00400. The van der Waals surface area contributed by atoms with Gasteiger partial charge in [-0.1, -0.05) is 54.6 Å². The summed E-state index contributed by atoms with van der Waals surface area (Å²) in [4.78, 5) is 14.8. The van der Waals surface area contributed by atoms with Gasteiger partial charge in [0.2, 0.25) is 5.91 Å². The third-order valence-corrected chi connectivity index (χ3v) is 5.34. The van der Waals surface area contributed by atoms with Crippen LogP contribution >= 0.6 is 0 Å². The summed E-state index contributed by atoms with van der Waals surface area (Å²) in [6.07, 6.45) is 2.87. The molecule has 0 aliphatic heterocycles. The molecule has 5 nitrogen and oxygen atoms in total. The van der Waals surface area contributed by atoms with Crippen molar-refractivity contribution in [2.24, 2.45) is 0 Å². The van der Waals surface area contributed by atoms with Gasteiger partial charge in [0.1, 0.15) is 6.61 Å². The third kappa shape index (κ3) is 7.09. The number of aryl methyl sites for hydroxylation is 1. The molecule has 0 aliphatic rings. The molecule has 0 N–H and O–H groups in total. The lowest BCUT2D eigenvalue weighted by Gasteiger charge is -2.24. The third-order valence-electron chi connectivity index (χ3n) is 5.34. The molecule has 0 atom stereocenters. The lowest BCUT2D eigenvalue weighted by atomic mass is 10.1. The topological polar surface area (TPSA) is 43.7 Å². The van der Waals surface area contributed by atoms with Crippen molar-refractivity contribution in [1.29, 1.82) is 0 Å². The quantitative estimate of drug-likeness (QED) is 0.407. The molecule has 0 spiro atoms. The van der Waals surface area contributed by atoms with E-state index in [9.17, 15) is 4.79 Å². The van der Waals surface area contributed by atoms with E-state index < -0.39 is 0 Å². The van der Waals surface area contributed by atoms with Crippen LogP contribution < -0.4 is 0 Å². The van der Waals surface area contributed by atoms with E-state index in [0.29, 0.717) is 26.3 Å². The smallest absolute Gasteiger partial charge is 0.248 e. The number of hydrogen-bond donors (Lipinski definition) is 0. The summed E-state index contributed by atoms with van der Waals surface area (Å²) in [6.45, 7) is 5.23. The highest BCUT2D eigenvalue weighted by atomic mass is 16.5. The van der Waals surface area contributed by atoms with Crippen molar-refractivity contribution in [1.82, 2.24) is 9.47 Å². The van der Waals surface area contributed by atoms with Crippen molar-refractivity contribution in [3.63, 3.8) is 0 Å². The Balaban J connectivity index is 1.63. The maximum atomic E-state index is 12.9. The Bertz CT molecular complexity index is 937. The predicted octanol–water partition coefficient (Wildman–Crippen LogP) is 4.43. The predicted molar refractivity (Wildman–Crippen MR) is 123 cm³/mol. The molecule has 1 heterocycles. The molecule has 0 fully saturated rings. The highest BCUT2D eigenvalue weighted by Crippen LogP contribution is 2.14. The number of aromatic nitrogens is 1.